The topological polar surface area (TPSA) is 89.8 Å². The number of para-hydroxylation sites is 1. The number of hydrazine groups is 1. The van der Waals surface area contributed by atoms with Gasteiger partial charge in [-0.15, -0.1) is 16.9 Å². The van der Waals surface area contributed by atoms with E-state index in [2.05, 4.69) is 10.2 Å². The van der Waals surface area contributed by atoms with Gasteiger partial charge in [0.15, 0.2) is 17.2 Å². The highest BCUT2D eigenvalue weighted by Gasteiger charge is 2.33. The predicted molar refractivity (Wildman–Crippen MR) is 124 cm³/mol. The second kappa shape index (κ2) is 9.95. The number of carbonyl (C=O) groups is 2. The lowest BCUT2D eigenvalue weighted by Gasteiger charge is -2.27. The van der Waals surface area contributed by atoms with Crippen molar-refractivity contribution in [1.29, 1.82) is 0 Å². The van der Waals surface area contributed by atoms with Gasteiger partial charge >= 0.3 is 0 Å². The summed E-state index contributed by atoms with van der Waals surface area (Å²) in [5, 5.41) is 11.8. The summed E-state index contributed by atoms with van der Waals surface area (Å²) in [5.41, 5.74) is 1.52. The lowest BCUT2D eigenvalue weighted by Crippen LogP contribution is -2.46. The molecule has 0 saturated carbocycles. The molecule has 2 aromatic carbocycles. The smallest absolute Gasteiger partial charge is 0.294 e. The Morgan fingerprint density at radius 1 is 0.970 bits per heavy atom. The number of methoxy groups -OCH3 is 2. The molecular formula is C23H25N5O4S. The molecule has 3 aromatic rings. The SMILES string of the molecule is COc1ccc(SCC(=O)N2CCCN2C(=O)c2nn(-c3ccccc3)nc2C)cc1OC. The third kappa shape index (κ3) is 4.80. The monoisotopic (exact) mass is 467 g/mol. The van der Waals surface area contributed by atoms with Crippen LogP contribution in [0.15, 0.2) is 53.4 Å². The first kappa shape index (κ1) is 22.7. The van der Waals surface area contributed by atoms with Crippen molar-refractivity contribution in [2.75, 3.05) is 33.1 Å². The van der Waals surface area contributed by atoms with Crippen molar-refractivity contribution < 1.29 is 19.1 Å². The number of thioether (sulfide) groups is 1. The van der Waals surface area contributed by atoms with Crippen molar-refractivity contribution in [3.63, 3.8) is 0 Å². The van der Waals surface area contributed by atoms with Crippen LogP contribution in [0, 0.1) is 6.92 Å². The zero-order valence-corrected chi connectivity index (χ0v) is 19.5. The number of amides is 2. The van der Waals surface area contributed by atoms with E-state index < -0.39 is 0 Å². The molecule has 0 aliphatic carbocycles. The second-order valence-corrected chi connectivity index (χ2v) is 8.41. The van der Waals surface area contributed by atoms with Crippen molar-refractivity contribution in [2.45, 2.75) is 18.2 Å². The van der Waals surface area contributed by atoms with E-state index in [4.69, 9.17) is 9.47 Å². The molecule has 0 atom stereocenters. The minimum Gasteiger partial charge on any atom is -0.493 e. The van der Waals surface area contributed by atoms with Gasteiger partial charge in [-0.05, 0) is 43.7 Å². The zero-order valence-electron chi connectivity index (χ0n) is 18.7. The molecule has 1 aromatic heterocycles. The molecule has 0 unspecified atom stereocenters. The quantitative estimate of drug-likeness (QED) is 0.494. The van der Waals surface area contributed by atoms with Crippen LogP contribution in [0.25, 0.3) is 5.69 Å². The Kier molecular flexibility index (Phi) is 6.83. The van der Waals surface area contributed by atoms with Gasteiger partial charge in [-0.25, -0.2) is 5.01 Å². The second-order valence-electron chi connectivity index (χ2n) is 7.36. The van der Waals surface area contributed by atoms with Gasteiger partial charge in [0.25, 0.3) is 11.8 Å². The molecule has 1 aliphatic rings. The molecule has 0 spiro atoms. The molecule has 9 nitrogen and oxygen atoms in total. The van der Waals surface area contributed by atoms with E-state index in [1.165, 1.54) is 26.6 Å². The molecule has 1 aliphatic heterocycles. The average molecular weight is 468 g/mol. The summed E-state index contributed by atoms with van der Waals surface area (Å²) in [6, 6.07) is 14.9. The first-order valence-corrected chi connectivity index (χ1v) is 11.5. The summed E-state index contributed by atoms with van der Waals surface area (Å²) >= 11 is 1.38. The molecule has 1 saturated heterocycles. The van der Waals surface area contributed by atoms with Crippen LogP contribution in [0.3, 0.4) is 0 Å². The van der Waals surface area contributed by atoms with E-state index in [1.807, 2.05) is 42.5 Å². The van der Waals surface area contributed by atoms with Crippen LogP contribution in [-0.2, 0) is 4.79 Å². The fraction of sp³-hybridized carbons (Fsp3) is 0.304. The molecular weight excluding hydrogens is 442 g/mol. The Morgan fingerprint density at radius 3 is 2.42 bits per heavy atom. The van der Waals surface area contributed by atoms with Crippen molar-refractivity contribution in [3.05, 3.63) is 59.9 Å². The van der Waals surface area contributed by atoms with Crippen LogP contribution in [0.1, 0.15) is 22.6 Å². The number of rotatable bonds is 7. The Labute approximate surface area is 196 Å². The standard InChI is InChI=1S/C23H25N5O4S/c1-16-22(25-28(24-16)17-8-5-4-6-9-17)23(30)27-13-7-12-26(27)21(29)15-33-18-10-11-19(31-2)20(14-18)32-3/h4-6,8-11,14H,7,12-13,15H2,1-3H3. The Balaban J connectivity index is 1.45. The largest absolute Gasteiger partial charge is 0.493 e. The summed E-state index contributed by atoms with van der Waals surface area (Å²) in [4.78, 5) is 28.5. The van der Waals surface area contributed by atoms with Gasteiger partial charge in [-0.3, -0.25) is 14.6 Å². The minimum absolute atomic E-state index is 0.145. The molecule has 33 heavy (non-hydrogen) atoms. The molecule has 0 radical (unpaired) electrons. The number of benzene rings is 2. The van der Waals surface area contributed by atoms with Crippen molar-refractivity contribution in [1.82, 2.24) is 25.0 Å². The molecule has 0 N–H and O–H groups in total. The zero-order chi connectivity index (χ0) is 23.4. The lowest BCUT2D eigenvalue weighted by atomic mass is 10.3. The van der Waals surface area contributed by atoms with Crippen molar-refractivity contribution >= 4 is 23.6 Å². The van der Waals surface area contributed by atoms with Gasteiger partial charge in [0, 0.05) is 18.0 Å². The van der Waals surface area contributed by atoms with Crippen molar-refractivity contribution in [2.24, 2.45) is 0 Å². The normalized spacial score (nSPS) is 13.3. The van der Waals surface area contributed by atoms with Gasteiger partial charge in [-0.1, -0.05) is 18.2 Å². The number of ether oxygens (including phenoxy) is 2. The van der Waals surface area contributed by atoms with Gasteiger partial charge in [-0.2, -0.15) is 9.90 Å². The number of hydrogen-bond donors (Lipinski definition) is 0. The maximum absolute atomic E-state index is 13.2. The van der Waals surface area contributed by atoms with Gasteiger partial charge in [0.2, 0.25) is 0 Å². The van der Waals surface area contributed by atoms with E-state index in [0.717, 1.165) is 10.6 Å². The number of nitrogens with zero attached hydrogens (tertiary/aromatic N) is 5. The van der Waals surface area contributed by atoms with Crippen LogP contribution in [-0.4, -0.2) is 69.9 Å². The molecule has 2 heterocycles. The fourth-order valence-electron chi connectivity index (χ4n) is 3.58. The third-order valence-electron chi connectivity index (χ3n) is 5.24. The summed E-state index contributed by atoms with van der Waals surface area (Å²) in [6.07, 6.45) is 0.713. The third-order valence-corrected chi connectivity index (χ3v) is 6.22. The predicted octanol–water partition coefficient (Wildman–Crippen LogP) is 2.97. The molecule has 1 fully saturated rings. The summed E-state index contributed by atoms with van der Waals surface area (Å²) in [5.74, 6) is 0.952. The molecule has 172 valence electrons. The molecule has 4 rings (SSSR count). The van der Waals surface area contributed by atoms with E-state index in [-0.39, 0.29) is 23.3 Å². The lowest BCUT2D eigenvalue weighted by molar-refractivity contribution is -0.137. The molecule has 0 bridgehead atoms. The fourth-order valence-corrected chi connectivity index (χ4v) is 4.38. The van der Waals surface area contributed by atoms with E-state index in [1.54, 1.807) is 27.2 Å². The number of aromatic nitrogens is 3. The minimum atomic E-state index is -0.323. The van der Waals surface area contributed by atoms with E-state index in [0.29, 0.717) is 36.7 Å². The van der Waals surface area contributed by atoms with Crippen molar-refractivity contribution in [3.8, 4) is 17.2 Å². The van der Waals surface area contributed by atoms with Crippen LogP contribution in [0.5, 0.6) is 11.5 Å². The number of hydrogen-bond acceptors (Lipinski definition) is 7. The maximum atomic E-state index is 13.2. The maximum Gasteiger partial charge on any atom is 0.294 e. The Bertz CT molecular complexity index is 1150. The van der Waals surface area contributed by atoms with Gasteiger partial charge in [0.05, 0.1) is 31.4 Å². The van der Waals surface area contributed by atoms with Gasteiger partial charge < -0.3 is 9.47 Å². The summed E-state index contributed by atoms with van der Waals surface area (Å²) < 4.78 is 10.6. The first-order chi connectivity index (χ1) is 16.0. The number of aryl methyl sites for hydroxylation is 1. The highest BCUT2D eigenvalue weighted by molar-refractivity contribution is 8.00. The van der Waals surface area contributed by atoms with Crippen LogP contribution < -0.4 is 9.47 Å². The highest BCUT2D eigenvalue weighted by atomic mass is 32.2. The molecule has 10 heteroatoms. The molecule has 2 amide bonds. The Hall–Kier alpha value is -3.53. The Morgan fingerprint density at radius 2 is 1.70 bits per heavy atom. The van der Waals surface area contributed by atoms with E-state index in [9.17, 15) is 9.59 Å². The highest BCUT2D eigenvalue weighted by Crippen LogP contribution is 2.32. The van der Waals surface area contributed by atoms with Crippen LogP contribution in [0.2, 0.25) is 0 Å². The average Bonchev–Trinajstić information content (AvgIpc) is 3.49. The summed E-state index contributed by atoms with van der Waals surface area (Å²) in [7, 11) is 3.15. The van der Waals surface area contributed by atoms with Gasteiger partial charge in [0.1, 0.15) is 0 Å². The number of carbonyl (C=O) groups excluding carboxylic acids is 2. The summed E-state index contributed by atoms with van der Waals surface area (Å²) in [6.45, 7) is 2.70. The van der Waals surface area contributed by atoms with Crippen LogP contribution >= 0.6 is 11.8 Å². The van der Waals surface area contributed by atoms with E-state index >= 15 is 0 Å². The van der Waals surface area contributed by atoms with Crippen LogP contribution in [0.4, 0.5) is 0 Å². The first-order valence-electron chi connectivity index (χ1n) is 10.5.